The summed E-state index contributed by atoms with van der Waals surface area (Å²) in [5.74, 6) is 0. The summed E-state index contributed by atoms with van der Waals surface area (Å²) in [6.07, 6.45) is 1.01. The summed E-state index contributed by atoms with van der Waals surface area (Å²) in [7, 11) is -3.62. The van der Waals surface area contributed by atoms with E-state index in [1.54, 1.807) is 12.1 Å². The number of primary sulfonamides is 1. The molecule has 0 spiro atoms. The van der Waals surface area contributed by atoms with Crippen molar-refractivity contribution in [1.82, 2.24) is 0 Å². The van der Waals surface area contributed by atoms with Gasteiger partial charge < -0.3 is 5.32 Å². The molecule has 17 heavy (non-hydrogen) atoms. The summed E-state index contributed by atoms with van der Waals surface area (Å²) < 4.78 is 22.3. The van der Waals surface area contributed by atoms with Crippen LogP contribution in [-0.2, 0) is 10.0 Å². The van der Waals surface area contributed by atoms with Crippen LogP contribution in [0.15, 0.2) is 29.2 Å². The third-order valence-electron chi connectivity index (χ3n) is 2.37. The first-order valence-electron chi connectivity index (χ1n) is 5.55. The van der Waals surface area contributed by atoms with Crippen molar-refractivity contribution < 1.29 is 8.42 Å². The van der Waals surface area contributed by atoms with Crippen molar-refractivity contribution in [3.05, 3.63) is 24.3 Å². The molecule has 0 heterocycles. The van der Waals surface area contributed by atoms with Crippen LogP contribution in [0, 0.1) is 5.41 Å². The molecule has 0 amide bonds. The summed E-state index contributed by atoms with van der Waals surface area (Å²) in [6.45, 7) is 7.29. The fourth-order valence-corrected chi connectivity index (χ4v) is 1.92. The second kappa shape index (κ2) is 5.06. The molecule has 1 rings (SSSR count). The Morgan fingerprint density at radius 1 is 1.29 bits per heavy atom. The molecule has 0 radical (unpaired) electrons. The van der Waals surface area contributed by atoms with Gasteiger partial charge >= 0.3 is 0 Å². The SMILES string of the molecule is CC(C)(C)CCNc1cccc(S(N)(=O)=O)c1. The predicted molar refractivity (Wildman–Crippen MR) is 70.4 cm³/mol. The maximum Gasteiger partial charge on any atom is 0.238 e. The van der Waals surface area contributed by atoms with Crippen LogP contribution in [0.4, 0.5) is 5.69 Å². The molecule has 0 aliphatic heterocycles. The van der Waals surface area contributed by atoms with Gasteiger partial charge in [0.05, 0.1) is 4.90 Å². The number of sulfonamides is 1. The quantitative estimate of drug-likeness (QED) is 0.867. The first kappa shape index (κ1) is 14.0. The molecule has 0 saturated heterocycles. The highest BCUT2D eigenvalue weighted by atomic mass is 32.2. The first-order valence-corrected chi connectivity index (χ1v) is 7.10. The summed E-state index contributed by atoms with van der Waals surface area (Å²) in [6, 6.07) is 6.55. The highest BCUT2D eigenvalue weighted by Crippen LogP contribution is 2.19. The van der Waals surface area contributed by atoms with Gasteiger partial charge in [-0.15, -0.1) is 0 Å². The van der Waals surface area contributed by atoms with E-state index in [4.69, 9.17) is 5.14 Å². The van der Waals surface area contributed by atoms with Crippen molar-refractivity contribution in [2.45, 2.75) is 32.1 Å². The zero-order valence-corrected chi connectivity index (χ0v) is 11.3. The average Bonchev–Trinajstić information content (AvgIpc) is 2.15. The molecule has 0 bridgehead atoms. The molecule has 0 fully saturated rings. The van der Waals surface area contributed by atoms with E-state index in [0.717, 1.165) is 18.7 Å². The Labute approximate surface area is 103 Å². The second-order valence-electron chi connectivity index (χ2n) is 5.31. The van der Waals surface area contributed by atoms with Gasteiger partial charge in [0.25, 0.3) is 0 Å². The zero-order valence-electron chi connectivity index (χ0n) is 10.5. The molecule has 0 atom stereocenters. The molecule has 5 heteroatoms. The van der Waals surface area contributed by atoms with Gasteiger partial charge in [0.2, 0.25) is 10.0 Å². The highest BCUT2D eigenvalue weighted by Gasteiger charge is 2.10. The standard InChI is InChI=1S/C12H20N2O2S/c1-12(2,3)7-8-14-10-5-4-6-11(9-10)17(13,15)16/h4-6,9,14H,7-8H2,1-3H3,(H2,13,15,16). The third-order valence-corrected chi connectivity index (χ3v) is 3.28. The van der Waals surface area contributed by atoms with Crippen molar-refractivity contribution in [2.75, 3.05) is 11.9 Å². The Hall–Kier alpha value is -1.07. The number of anilines is 1. The Kier molecular flexibility index (Phi) is 4.16. The van der Waals surface area contributed by atoms with Crippen LogP contribution < -0.4 is 10.5 Å². The number of hydrogen-bond donors (Lipinski definition) is 2. The van der Waals surface area contributed by atoms with E-state index < -0.39 is 10.0 Å². The van der Waals surface area contributed by atoms with Gasteiger partial charge in [-0.2, -0.15) is 0 Å². The molecule has 0 unspecified atom stereocenters. The Bertz CT molecular complexity index is 476. The molecular formula is C12H20N2O2S. The van der Waals surface area contributed by atoms with Gasteiger partial charge in [0, 0.05) is 12.2 Å². The summed E-state index contributed by atoms with van der Waals surface area (Å²) in [5.41, 5.74) is 1.03. The van der Waals surface area contributed by atoms with Gasteiger partial charge in [0.15, 0.2) is 0 Å². The third kappa shape index (κ3) is 5.19. The van der Waals surface area contributed by atoms with Crippen molar-refractivity contribution in [1.29, 1.82) is 0 Å². The number of nitrogens with two attached hydrogens (primary N) is 1. The lowest BCUT2D eigenvalue weighted by Crippen LogP contribution is -2.14. The van der Waals surface area contributed by atoms with Gasteiger partial charge in [-0.25, -0.2) is 13.6 Å². The van der Waals surface area contributed by atoms with Crippen LogP contribution in [0.3, 0.4) is 0 Å². The minimum Gasteiger partial charge on any atom is -0.385 e. The largest absolute Gasteiger partial charge is 0.385 e. The van der Waals surface area contributed by atoms with Gasteiger partial charge in [0.1, 0.15) is 0 Å². The molecule has 96 valence electrons. The monoisotopic (exact) mass is 256 g/mol. The lowest BCUT2D eigenvalue weighted by atomic mass is 9.92. The van der Waals surface area contributed by atoms with Crippen LogP contribution in [0.25, 0.3) is 0 Å². The number of rotatable bonds is 4. The fraction of sp³-hybridized carbons (Fsp3) is 0.500. The summed E-state index contributed by atoms with van der Waals surface area (Å²) in [5, 5.41) is 8.26. The van der Waals surface area contributed by atoms with E-state index in [0.29, 0.717) is 0 Å². The second-order valence-corrected chi connectivity index (χ2v) is 6.87. The number of benzene rings is 1. The number of hydrogen-bond acceptors (Lipinski definition) is 3. The van der Waals surface area contributed by atoms with Crippen LogP contribution in [0.2, 0.25) is 0 Å². The van der Waals surface area contributed by atoms with E-state index in [-0.39, 0.29) is 10.3 Å². The lowest BCUT2D eigenvalue weighted by Gasteiger charge is -2.18. The molecule has 0 aliphatic carbocycles. The van der Waals surface area contributed by atoms with E-state index in [1.807, 2.05) is 6.07 Å². The normalized spacial score (nSPS) is 12.5. The molecular weight excluding hydrogens is 236 g/mol. The van der Waals surface area contributed by atoms with Gasteiger partial charge in [-0.3, -0.25) is 0 Å². The average molecular weight is 256 g/mol. The molecule has 1 aromatic rings. The topological polar surface area (TPSA) is 72.2 Å². The van der Waals surface area contributed by atoms with Crippen LogP contribution in [0.1, 0.15) is 27.2 Å². The Balaban J connectivity index is 2.68. The van der Waals surface area contributed by atoms with Gasteiger partial charge in [-0.05, 0) is 30.0 Å². The Morgan fingerprint density at radius 2 is 1.94 bits per heavy atom. The van der Waals surface area contributed by atoms with Crippen LogP contribution in [-0.4, -0.2) is 15.0 Å². The van der Waals surface area contributed by atoms with E-state index in [1.165, 1.54) is 6.07 Å². The lowest BCUT2D eigenvalue weighted by molar-refractivity contribution is 0.390. The van der Waals surface area contributed by atoms with Gasteiger partial charge in [-0.1, -0.05) is 26.8 Å². The Morgan fingerprint density at radius 3 is 2.47 bits per heavy atom. The molecule has 0 aromatic heterocycles. The maximum atomic E-state index is 11.2. The summed E-state index contributed by atoms with van der Waals surface area (Å²) >= 11 is 0. The zero-order chi connectivity index (χ0) is 13.1. The maximum absolute atomic E-state index is 11.2. The highest BCUT2D eigenvalue weighted by molar-refractivity contribution is 7.89. The van der Waals surface area contributed by atoms with E-state index in [2.05, 4.69) is 26.1 Å². The molecule has 0 aliphatic rings. The van der Waals surface area contributed by atoms with Crippen LogP contribution >= 0.6 is 0 Å². The minimum absolute atomic E-state index is 0.137. The minimum atomic E-state index is -3.62. The number of nitrogens with one attached hydrogen (secondary N) is 1. The van der Waals surface area contributed by atoms with E-state index >= 15 is 0 Å². The smallest absolute Gasteiger partial charge is 0.238 e. The molecule has 0 saturated carbocycles. The summed E-state index contributed by atoms with van der Waals surface area (Å²) in [4.78, 5) is 0.137. The van der Waals surface area contributed by atoms with Crippen molar-refractivity contribution in [2.24, 2.45) is 10.6 Å². The van der Waals surface area contributed by atoms with Crippen molar-refractivity contribution in [3.8, 4) is 0 Å². The van der Waals surface area contributed by atoms with Crippen molar-refractivity contribution >= 4 is 15.7 Å². The fourth-order valence-electron chi connectivity index (χ4n) is 1.36. The molecule has 3 N–H and O–H groups in total. The van der Waals surface area contributed by atoms with E-state index in [9.17, 15) is 8.42 Å². The van der Waals surface area contributed by atoms with Crippen molar-refractivity contribution in [3.63, 3.8) is 0 Å². The van der Waals surface area contributed by atoms with Crippen LogP contribution in [0.5, 0.6) is 0 Å². The molecule has 4 nitrogen and oxygen atoms in total. The predicted octanol–water partition coefficient (Wildman–Crippen LogP) is 2.18. The molecule has 1 aromatic carbocycles. The first-order chi connectivity index (χ1) is 7.68.